The van der Waals surface area contributed by atoms with Crippen LogP contribution in [0.4, 0.5) is 5.69 Å². The van der Waals surface area contributed by atoms with Crippen LogP contribution in [0.25, 0.3) is 0 Å². The molecule has 1 aliphatic rings. The van der Waals surface area contributed by atoms with Crippen molar-refractivity contribution in [2.45, 2.75) is 37.2 Å². The predicted molar refractivity (Wildman–Crippen MR) is 118 cm³/mol. The van der Waals surface area contributed by atoms with Gasteiger partial charge in [-0.2, -0.15) is 0 Å². The van der Waals surface area contributed by atoms with Crippen molar-refractivity contribution in [3.05, 3.63) is 60.2 Å². The second-order valence-electron chi connectivity index (χ2n) is 7.44. The van der Waals surface area contributed by atoms with Gasteiger partial charge in [0.25, 0.3) is 0 Å². The van der Waals surface area contributed by atoms with Gasteiger partial charge in [0.2, 0.25) is 10.0 Å². The highest BCUT2D eigenvalue weighted by atomic mass is 32.2. The van der Waals surface area contributed by atoms with Crippen LogP contribution in [0.15, 0.2) is 59.5 Å². The molecule has 2 aromatic carbocycles. The largest absolute Gasteiger partial charge is 0.342 e. The van der Waals surface area contributed by atoms with Crippen molar-refractivity contribution < 1.29 is 8.42 Å². The molecular weight excluding hydrogens is 390 g/mol. The fourth-order valence-corrected chi connectivity index (χ4v) is 4.45. The number of nitrogens with one attached hydrogen (secondary N) is 1. The van der Waals surface area contributed by atoms with E-state index in [1.807, 2.05) is 24.3 Å². The average molecular weight is 418 g/mol. The first-order chi connectivity index (χ1) is 13.3. The molecule has 28 heavy (non-hydrogen) atoms. The Labute approximate surface area is 173 Å². The van der Waals surface area contributed by atoms with Crippen LogP contribution in [0.1, 0.15) is 25.3 Å². The number of hydrogen-bond donors (Lipinski definition) is 1. The number of nitrogens with zero attached hydrogens (tertiary/aromatic N) is 2. The van der Waals surface area contributed by atoms with E-state index in [1.54, 1.807) is 18.2 Å². The van der Waals surface area contributed by atoms with Gasteiger partial charge in [-0.1, -0.05) is 36.4 Å². The monoisotopic (exact) mass is 417 g/mol. The van der Waals surface area contributed by atoms with Gasteiger partial charge in [-0.15, -0.1) is 0 Å². The van der Waals surface area contributed by atoms with Crippen LogP contribution >= 0.6 is 12.2 Å². The van der Waals surface area contributed by atoms with Gasteiger partial charge < -0.3 is 10.2 Å². The van der Waals surface area contributed by atoms with Gasteiger partial charge in [0.15, 0.2) is 5.11 Å². The molecule has 1 saturated carbocycles. The fourth-order valence-electron chi connectivity index (χ4n) is 3.15. The second kappa shape index (κ2) is 8.59. The topological polar surface area (TPSA) is 52.7 Å². The standard InChI is InChI=1S/C21H27N3O2S2/c1-16(18-12-13-18)24(15-17-8-5-4-6-9-17)21(27)22-19-10-7-11-20(14-19)28(25,26)23(2)3/h4-11,14,16,18H,12-13,15H2,1-3H3,(H,22,27)/t16-/m0/s1. The molecule has 0 unspecified atom stereocenters. The van der Waals surface area contributed by atoms with Crippen molar-refractivity contribution in [3.63, 3.8) is 0 Å². The molecule has 150 valence electrons. The Morgan fingerprint density at radius 3 is 2.43 bits per heavy atom. The van der Waals surface area contributed by atoms with Gasteiger partial charge in [-0.05, 0) is 61.7 Å². The zero-order valence-corrected chi connectivity index (χ0v) is 18.1. The van der Waals surface area contributed by atoms with E-state index in [0.29, 0.717) is 22.8 Å². The highest BCUT2D eigenvalue weighted by Gasteiger charge is 2.33. The summed E-state index contributed by atoms with van der Waals surface area (Å²) in [6.45, 7) is 2.93. The summed E-state index contributed by atoms with van der Waals surface area (Å²) in [6.07, 6.45) is 2.46. The third kappa shape index (κ3) is 4.90. The molecule has 0 bridgehead atoms. The molecule has 1 N–H and O–H groups in total. The summed E-state index contributed by atoms with van der Waals surface area (Å²) in [5.41, 5.74) is 1.87. The Balaban J connectivity index is 1.80. The number of anilines is 1. The Kier molecular flexibility index (Phi) is 6.37. The maximum atomic E-state index is 12.4. The smallest absolute Gasteiger partial charge is 0.242 e. The maximum Gasteiger partial charge on any atom is 0.242 e. The lowest BCUT2D eigenvalue weighted by molar-refractivity contribution is 0.298. The zero-order chi connectivity index (χ0) is 20.3. The molecule has 0 aliphatic heterocycles. The zero-order valence-electron chi connectivity index (χ0n) is 16.5. The van der Waals surface area contributed by atoms with Crippen LogP contribution in [-0.4, -0.2) is 42.9 Å². The normalized spacial score (nSPS) is 15.3. The highest BCUT2D eigenvalue weighted by Crippen LogP contribution is 2.36. The SMILES string of the molecule is C[C@@H](C1CC1)N(Cc1ccccc1)C(=S)Nc1cccc(S(=O)(=O)N(C)C)c1. The molecule has 0 radical (unpaired) electrons. The van der Waals surface area contributed by atoms with Crippen molar-refractivity contribution in [1.82, 2.24) is 9.21 Å². The van der Waals surface area contributed by atoms with Crippen molar-refractivity contribution in [1.29, 1.82) is 0 Å². The predicted octanol–water partition coefficient (Wildman–Crippen LogP) is 3.93. The number of hydrogen-bond acceptors (Lipinski definition) is 3. The molecule has 5 nitrogen and oxygen atoms in total. The summed E-state index contributed by atoms with van der Waals surface area (Å²) < 4.78 is 26.0. The van der Waals surface area contributed by atoms with E-state index < -0.39 is 10.0 Å². The minimum atomic E-state index is -3.49. The first kappa shape index (κ1) is 20.8. The van der Waals surface area contributed by atoms with Gasteiger partial charge in [-0.3, -0.25) is 0 Å². The molecule has 0 saturated heterocycles. The Hall–Kier alpha value is -1.96. The molecule has 0 spiro atoms. The molecule has 0 aromatic heterocycles. The van der Waals surface area contributed by atoms with Gasteiger partial charge in [0.1, 0.15) is 0 Å². The first-order valence-corrected chi connectivity index (χ1v) is 11.3. The van der Waals surface area contributed by atoms with Crippen LogP contribution in [0.5, 0.6) is 0 Å². The van der Waals surface area contributed by atoms with Crippen LogP contribution in [0.2, 0.25) is 0 Å². The number of benzene rings is 2. The van der Waals surface area contributed by atoms with E-state index in [9.17, 15) is 8.42 Å². The quantitative estimate of drug-likeness (QED) is 0.692. The summed E-state index contributed by atoms with van der Waals surface area (Å²) in [4.78, 5) is 2.45. The van der Waals surface area contributed by atoms with Crippen molar-refractivity contribution >= 4 is 33.0 Å². The molecule has 0 heterocycles. The van der Waals surface area contributed by atoms with Crippen LogP contribution in [0.3, 0.4) is 0 Å². The van der Waals surface area contributed by atoms with Gasteiger partial charge in [-0.25, -0.2) is 12.7 Å². The molecule has 7 heteroatoms. The Morgan fingerprint density at radius 2 is 1.82 bits per heavy atom. The van der Waals surface area contributed by atoms with E-state index in [0.717, 1.165) is 6.54 Å². The van der Waals surface area contributed by atoms with Gasteiger partial charge in [0, 0.05) is 32.4 Å². The molecule has 3 rings (SSSR count). The summed E-state index contributed by atoms with van der Waals surface area (Å²) >= 11 is 5.72. The van der Waals surface area contributed by atoms with Crippen molar-refractivity contribution in [2.75, 3.05) is 19.4 Å². The van der Waals surface area contributed by atoms with Gasteiger partial charge in [0.05, 0.1) is 4.90 Å². The molecule has 1 fully saturated rings. The second-order valence-corrected chi connectivity index (χ2v) is 9.98. The van der Waals surface area contributed by atoms with E-state index in [2.05, 4.69) is 29.3 Å². The lowest BCUT2D eigenvalue weighted by Crippen LogP contribution is -2.41. The Morgan fingerprint density at radius 1 is 1.14 bits per heavy atom. The molecule has 2 aromatic rings. The van der Waals surface area contributed by atoms with Crippen molar-refractivity contribution in [3.8, 4) is 0 Å². The molecule has 0 amide bonds. The Bertz CT molecular complexity index is 926. The molecule has 1 atom stereocenters. The number of thiocarbonyl (C=S) groups is 1. The maximum absolute atomic E-state index is 12.4. The first-order valence-electron chi connectivity index (χ1n) is 9.43. The van der Waals surface area contributed by atoms with Crippen molar-refractivity contribution in [2.24, 2.45) is 5.92 Å². The van der Waals surface area contributed by atoms with Crippen LogP contribution in [0, 0.1) is 5.92 Å². The third-order valence-electron chi connectivity index (χ3n) is 5.12. The molecular formula is C21H27N3O2S2. The number of sulfonamides is 1. The summed E-state index contributed by atoms with van der Waals surface area (Å²) in [6, 6.07) is 17.4. The van der Waals surface area contributed by atoms with Crippen LogP contribution < -0.4 is 5.32 Å². The highest BCUT2D eigenvalue weighted by molar-refractivity contribution is 7.89. The van der Waals surface area contributed by atoms with E-state index in [1.165, 1.54) is 36.8 Å². The van der Waals surface area contributed by atoms with E-state index in [4.69, 9.17) is 12.2 Å². The third-order valence-corrected chi connectivity index (χ3v) is 7.26. The van der Waals surface area contributed by atoms with E-state index in [-0.39, 0.29) is 4.90 Å². The minimum absolute atomic E-state index is 0.246. The average Bonchev–Trinajstić information content (AvgIpc) is 3.51. The fraction of sp³-hybridized carbons (Fsp3) is 0.381. The lowest BCUT2D eigenvalue weighted by Gasteiger charge is -2.32. The summed E-state index contributed by atoms with van der Waals surface area (Å²) in [5.74, 6) is 0.656. The number of rotatable bonds is 7. The van der Waals surface area contributed by atoms with Gasteiger partial charge >= 0.3 is 0 Å². The molecule has 1 aliphatic carbocycles. The summed E-state index contributed by atoms with van der Waals surface area (Å²) in [7, 11) is -0.434. The van der Waals surface area contributed by atoms with E-state index >= 15 is 0 Å². The summed E-state index contributed by atoms with van der Waals surface area (Å²) in [5, 5.41) is 3.87. The lowest BCUT2D eigenvalue weighted by atomic mass is 10.1. The minimum Gasteiger partial charge on any atom is -0.342 e. The van der Waals surface area contributed by atoms with Crippen LogP contribution in [-0.2, 0) is 16.6 Å².